The molecule has 0 spiro atoms. The molecule has 130 valence electrons. The molecule has 1 aromatic rings. The first kappa shape index (κ1) is 17.0. The summed E-state index contributed by atoms with van der Waals surface area (Å²) in [4.78, 5) is 14.3. The van der Waals surface area contributed by atoms with Gasteiger partial charge >= 0.3 is 0 Å². The smallest absolute Gasteiger partial charge is 0.131 e. The summed E-state index contributed by atoms with van der Waals surface area (Å²) < 4.78 is 0. The third-order valence-electron chi connectivity index (χ3n) is 4.83. The Kier molecular flexibility index (Phi) is 5.89. The fraction of sp³-hybridized carbons (Fsp3) is 0.600. The van der Waals surface area contributed by atoms with Crippen LogP contribution in [-0.4, -0.2) is 60.7 Å². The molecule has 0 N–H and O–H groups in total. The van der Waals surface area contributed by atoms with E-state index in [9.17, 15) is 0 Å². The van der Waals surface area contributed by atoms with Crippen LogP contribution in [0.2, 0.25) is 0 Å². The molecule has 4 heteroatoms. The molecule has 4 nitrogen and oxygen atoms in total. The van der Waals surface area contributed by atoms with Gasteiger partial charge in [0.25, 0.3) is 0 Å². The summed E-state index contributed by atoms with van der Waals surface area (Å²) in [6, 6.07) is 8.88. The second kappa shape index (κ2) is 8.32. The molecule has 0 saturated carbocycles. The van der Waals surface area contributed by atoms with Crippen LogP contribution < -0.4 is 0 Å². The van der Waals surface area contributed by atoms with Crippen LogP contribution in [0.15, 0.2) is 34.3 Å². The number of hydrogen-bond donors (Lipinski definition) is 0. The van der Waals surface area contributed by atoms with Crippen molar-refractivity contribution in [2.24, 2.45) is 9.98 Å². The van der Waals surface area contributed by atoms with E-state index in [0.717, 1.165) is 39.3 Å². The summed E-state index contributed by atoms with van der Waals surface area (Å²) >= 11 is 0. The van der Waals surface area contributed by atoms with Gasteiger partial charge in [-0.25, -0.2) is 0 Å². The molecular weight excluding hydrogens is 296 g/mol. The largest absolute Gasteiger partial charge is 0.355 e. The van der Waals surface area contributed by atoms with Crippen LogP contribution in [0.3, 0.4) is 0 Å². The topological polar surface area (TPSA) is 31.2 Å². The average Bonchev–Trinajstić information content (AvgIpc) is 3.27. The summed E-state index contributed by atoms with van der Waals surface area (Å²) in [5.74, 6) is 2.34. The van der Waals surface area contributed by atoms with Gasteiger partial charge in [0.15, 0.2) is 0 Å². The highest BCUT2D eigenvalue weighted by molar-refractivity contribution is 6.03. The van der Waals surface area contributed by atoms with Gasteiger partial charge in [-0.3, -0.25) is 9.98 Å². The molecule has 0 atom stereocenters. The Bertz CT molecular complexity index is 535. The highest BCUT2D eigenvalue weighted by Gasteiger charge is 2.20. The van der Waals surface area contributed by atoms with Gasteiger partial charge in [0.1, 0.15) is 11.7 Å². The van der Waals surface area contributed by atoms with Crippen LogP contribution in [0.1, 0.15) is 50.7 Å². The number of benzene rings is 1. The first-order valence-electron chi connectivity index (χ1n) is 9.53. The Morgan fingerprint density at radius 3 is 1.54 bits per heavy atom. The van der Waals surface area contributed by atoms with Crippen LogP contribution in [-0.2, 0) is 0 Å². The lowest BCUT2D eigenvalue weighted by atomic mass is 10.1. The SMILES string of the molecule is CCCCN1CCN=C1c1ccc(C2=NCCN2CCCC)cc1. The first-order valence-corrected chi connectivity index (χ1v) is 9.53. The number of unbranched alkanes of at least 4 members (excludes halogenated alkanes) is 2. The molecule has 0 aromatic heterocycles. The molecule has 2 aliphatic rings. The fourth-order valence-electron chi connectivity index (χ4n) is 3.41. The quantitative estimate of drug-likeness (QED) is 0.733. The molecule has 0 radical (unpaired) electrons. The average molecular weight is 326 g/mol. The standard InChI is InChI=1S/C20H30N4/c1-3-5-13-23-15-11-21-19(23)17-7-9-18(10-8-17)20-22-12-16-24(20)14-6-4-2/h7-10H,3-6,11-16H2,1-2H3. The normalized spacial score (nSPS) is 17.4. The summed E-state index contributed by atoms with van der Waals surface area (Å²) in [5, 5.41) is 0. The zero-order valence-electron chi connectivity index (χ0n) is 15.2. The van der Waals surface area contributed by atoms with Crippen LogP contribution in [0.4, 0.5) is 0 Å². The van der Waals surface area contributed by atoms with Crippen molar-refractivity contribution in [2.75, 3.05) is 39.3 Å². The summed E-state index contributed by atoms with van der Waals surface area (Å²) in [6.45, 7) is 10.7. The number of amidine groups is 2. The minimum Gasteiger partial charge on any atom is -0.355 e. The van der Waals surface area contributed by atoms with Gasteiger partial charge in [-0.1, -0.05) is 51.0 Å². The van der Waals surface area contributed by atoms with Gasteiger partial charge in [0.2, 0.25) is 0 Å². The number of rotatable bonds is 8. The van der Waals surface area contributed by atoms with E-state index < -0.39 is 0 Å². The van der Waals surface area contributed by atoms with Crippen molar-refractivity contribution in [2.45, 2.75) is 39.5 Å². The summed E-state index contributed by atoms with van der Waals surface area (Å²) in [6.07, 6.45) is 4.94. The van der Waals surface area contributed by atoms with Crippen molar-refractivity contribution in [3.8, 4) is 0 Å². The minimum absolute atomic E-state index is 0.929. The molecule has 0 bridgehead atoms. The summed E-state index contributed by atoms with van der Waals surface area (Å²) in [7, 11) is 0. The molecule has 0 amide bonds. The van der Waals surface area contributed by atoms with E-state index in [1.54, 1.807) is 0 Å². The van der Waals surface area contributed by atoms with Gasteiger partial charge in [-0.05, 0) is 12.8 Å². The second-order valence-electron chi connectivity index (χ2n) is 6.67. The van der Waals surface area contributed by atoms with Crippen molar-refractivity contribution in [1.82, 2.24) is 9.80 Å². The Morgan fingerprint density at radius 2 is 1.17 bits per heavy atom. The molecule has 0 fully saturated rings. The molecule has 2 aliphatic heterocycles. The van der Waals surface area contributed by atoms with E-state index in [4.69, 9.17) is 9.98 Å². The van der Waals surface area contributed by atoms with Gasteiger partial charge in [-0.2, -0.15) is 0 Å². The van der Waals surface area contributed by atoms with Crippen molar-refractivity contribution >= 4 is 11.7 Å². The minimum atomic E-state index is 0.929. The predicted molar refractivity (Wildman–Crippen MR) is 102 cm³/mol. The molecule has 0 aliphatic carbocycles. The molecule has 24 heavy (non-hydrogen) atoms. The second-order valence-corrected chi connectivity index (χ2v) is 6.67. The number of nitrogens with zero attached hydrogens (tertiary/aromatic N) is 4. The van der Waals surface area contributed by atoms with E-state index in [2.05, 4.69) is 47.9 Å². The molecule has 0 unspecified atom stereocenters. The van der Waals surface area contributed by atoms with Crippen LogP contribution in [0.25, 0.3) is 0 Å². The van der Waals surface area contributed by atoms with Crippen molar-refractivity contribution in [1.29, 1.82) is 0 Å². The van der Waals surface area contributed by atoms with Gasteiger partial charge in [0, 0.05) is 37.3 Å². The van der Waals surface area contributed by atoms with Crippen molar-refractivity contribution < 1.29 is 0 Å². The van der Waals surface area contributed by atoms with Crippen LogP contribution >= 0.6 is 0 Å². The monoisotopic (exact) mass is 326 g/mol. The maximum Gasteiger partial charge on any atom is 0.131 e. The highest BCUT2D eigenvalue weighted by Crippen LogP contribution is 2.17. The molecule has 1 aromatic carbocycles. The lowest BCUT2D eigenvalue weighted by Crippen LogP contribution is -2.30. The number of hydrogen-bond acceptors (Lipinski definition) is 4. The Labute approximate surface area is 146 Å². The first-order chi connectivity index (χ1) is 11.8. The third-order valence-corrected chi connectivity index (χ3v) is 4.83. The Morgan fingerprint density at radius 1 is 0.750 bits per heavy atom. The predicted octanol–water partition coefficient (Wildman–Crippen LogP) is 3.41. The fourth-order valence-corrected chi connectivity index (χ4v) is 3.41. The molecule has 3 rings (SSSR count). The van der Waals surface area contributed by atoms with Crippen molar-refractivity contribution in [3.05, 3.63) is 35.4 Å². The van der Waals surface area contributed by atoms with Gasteiger partial charge in [-0.15, -0.1) is 0 Å². The third kappa shape index (κ3) is 3.80. The molecule has 2 heterocycles. The van der Waals surface area contributed by atoms with E-state index in [1.807, 2.05) is 0 Å². The zero-order valence-corrected chi connectivity index (χ0v) is 15.2. The van der Waals surface area contributed by atoms with Crippen LogP contribution in [0, 0.1) is 0 Å². The van der Waals surface area contributed by atoms with Gasteiger partial charge < -0.3 is 9.80 Å². The summed E-state index contributed by atoms with van der Waals surface area (Å²) in [5.41, 5.74) is 2.48. The highest BCUT2D eigenvalue weighted by atomic mass is 15.2. The zero-order chi connectivity index (χ0) is 16.8. The lowest BCUT2D eigenvalue weighted by Gasteiger charge is -2.22. The lowest BCUT2D eigenvalue weighted by molar-refractivity contribution is 0.443. The molecular formula is C20H30N4. The van der Waals surface area contributed by atoms with Gasteiger partial charge in [0.05, 0.1) is 13.1 Å². The molecule has 0 saturated heterocycles. The Hall–Kier alpha value is -1.84. The van der Waals surface area contributed by atoms with E-state index in [0.29, 0.717) is 0 Å². The number of aliphatic imine (C=N–C) groups is 2. The maximum atomic E-state index is 4.72. The maximum absolute atomic E-state index is 4.72. The van der Waals surface area contributed by atoms with Crippen LogP contribution in [0.5, 0.6) is 0 Å². The van der Waals surface area contributed by atoms with E-state index >= 15 is 0 Å². The van der Waals surface area contributed by atoms with E-state index in [-0.39, 0.29) is 0 Å². The van der Waals surface area contributed by atoms with E-state index in [1.165, 1.54) is 48.5 Å². The Balaban J connectivity index is 1.69. The van der Waals surface area contributed by atoms with Crippen molar-refractivity contribution in [3.63, 3.8) is 0 Å².